The fourth-order valence-electron chi connectivity index (χ4n) is 1.66. The Bertz CT molecular complexity index is 391. The third kappa shape index (κ3) is 3.75. The summed E-state index contributed by atoms with van der Waals surface area (Å²) in [6, 6.07) is 5.97. The van der Waals surface area contributed by atoms with Crippen LogP contribution in [0.2, 0.25) is 0 Å². The van der Waals surface area contributed by atoms with Crippen molar-refractivity contribution in [3.05, 3.63) is 29.3 Å². The maximum absolute atomic E-state index is 11.7. The number of amides is 1. The van der Waals surface area contributed by atoms with Gasteiger partial charge in [-0.05, 0) is 20.0 Å². The lowest BCUT2D eigenvalue weighted by atomic mass is 10.1. The molecule has 17 heavy (non-hydrogen) atoms. The van der Waals surface area contributed by atoms with Crippen molar-refractivity contribution in [3.63, 3.8) is 0 Å². The Morgan fingerprint density at radius 3 is 2.76 bits per heavy atom. The van der Waals surface area contributed by atoms with Crippen LogP contribution in [-0.4, -0.2) is 38.6 Å². The molecule has 0 aliphatic carbocycles. The van der Waals surface area contributed by atoms with Gasteiger partial charge in [-0.15, -0.1) is 0 Å². The average Bonchev–Trinajstić information content (AvgIpc) is 2.29. The van der Waals surface area contributed by atoms with E-state index in [-0.39, 0.29) is 5.91 Å². The average molecular weight is 236 g/mol. The Labute approximate surface area is 103 Å². The lowest BCUT2D eigenvalue weighted by Crippen LogP contribution is -2.33. The summed E-state index contributed by atoms with van der Waals surface area (Å²) in [6.45, 7) is 2.94. The quantitative estimate of drug-likeness (QED) is 0.834. The van der Waals surface area contributed by atoms with Gasteiger partial charge >= 0.3 is 0 Å². The first-order chi connectivity index (χ1) is 8.08. The number of hydrogen-bond donors (Lipinski definition) is 1. The van der Waals surface area contributed by atoms with Crippen molar-refractivity contribution < 1.29 is 9.53 Å². The van der Waals surface area contributed by atoms with Gasteiger partial charge in [0.05, 0.1) is 13.7 Å². The number of carbonyl (C=O) groups excluding carboxylic acids is 1. The number of nitrogens with zero attached hydrogens (tertiary/aromatic N) is 1. The first kappa shape index (κ1) is 13.5. The van der Waals surface area contributed by atoms with Crippen molar-refractivity contribution >= 4 is 5.91 Å². The molecule has 1 aromatic carbocycles. The van der Waals surface area contributed by atoms with Crippen molar-refractivity contribution in [2.24, 2.45) is 0 Å². The molecule has 1 aromatic rings. The molecule has 0 unspecified atom stereocenters. The van der Waals surface area contributed by atoms with Crippen LogP contribution in [0.4, 0.5) is 0 Å². The van der Waals surface area contributed by atoms with Gasteiger partial charge in [-0.3, -0.25) is 4.79 Å². The predicted molar refractivity (Wildman–Crippen MR) is 68.1 cm³/mol. The Balaban J connectivity index is 2.79. The second-order valence-electron chi connectivity index (χ2n) is 4.10. The van der Waals surface area contributed by atoms with E-state index in [2.05, 4.69) is 5.32 Å². The molecule has 0 fully saturated rings. The van der Waals surface area contributed by atoms with Gasteiger partial charge in [-0.25, -0.2) is 0 Å². The van der Waals surface area contributed by atoms with Gasteiger partial charge in [0.15, 0.2) is 0 Å². The van der Waals surface area contributed by atoms with Gasteiger partial charge in [0.1, 0.15) is 5.75 Å². The SMILES string of the molecule is CNCC(=O)N(C)Cc1cc(C)ccc1OC. The molecule has 1 amide bonds. The predicted octanol–water partition coefficient (Wildman–Crippen LogP) is 1.18. The summed E-state index contributed by atoms with van der Waals surface area (Å²) in [7, 11) is 5.20. The summed E-state index contributed by atoms with van der Waals surface area (Å²) in [5.41, 5.74) is 2.19. The van der Waals surface area contributed by atoms with Gasteiger partial charge in [0.25, 0.3) is 0 Å². The van der Waals surface area contributed by atoms with Crippen LogP contribution in [-0.2, 0) is 11.3 Å². The molecule has 4 heteroatoms. The summed E-state index contributed by atoms with van der Waals surface area (Å²) in [5.74, 6) is 0.885. The van der Waals surface area contributed by atoms with Gasteiger partial charge in [0.2, 0.25) is 5.91 Å². The molecular formula is C13H20N2O2. The van der Waals surface area contributed by atoms with Crippen molar-refractivity contribution in [1.29, 1.82) is 0 Å². The topological polar surface area (TPSA) is 41.6 Å². The molecular weight excluding hydrogens is 216 g/mol. The number of methoxy groups -OCH3 is 1. The van der Waals surface area contributed by atoms with Crippen LogP contribution < -0.4 is 10.1 Å². The molecule has 0 aliphatic heterocycles. The maximum atomic E-state index is 11.7. The molecule has 0 spiro atoms. The summed E-state index contributed by atoms with van der Waals surface area (Å²) in [4.78, 5) is 13.3. The van der Waals surface area contributed by atoms with Crippen LogP contribution in [0.25, 0.3) is 0 Å². The van der Waals surface area contributed by atoms with E-state index < -0.39 is 0 Å². The normalized spacial score (nSPS) is 10.1. The Morgan fingerprint density at radius 2 is 2.18 bits per heavy atom. The van der Waals surface area contributed by atoms with Gasteiger partial charge in [-0.1, -0.05) is 17.7 Å². The molecule has 1 rings (SSSR count). The van der Waals surface area contributed by atoms with E-state index in [9.17, 15) is 4.79 Å². The second kappa shape index (κ2) is 6.25. The summed E-state index contributed by atoms with van der Waals surface area (Å²) >= 11 is 0. The summed E-state index contributed by atoms with van der Waals surface area (Å²) < 4.78 is 5.29. The zero-order valence-corrected chi connectivity index (χ0v) is 10.9. The second-order valence-corrected chi connectivity index (χ2v) is 4.10. The maximum Gasteiger partial charge on any atom is 0.236 e. The van der Waals surface area contributed by atoms with E-state index in [4.69, 9.17) is 4.74 Å². The summed E-state index contributed by atoms with van der Waals surface area (Å²) in [5, 5.41) is 2.85. The van der Waals surface area contributed by atoms with Crippen LogP contribution in [0, 0.1) is 6.92 Å². The minimum Gasteiger partial charge on any atom is -0.496 e. The molecule has 0 bridgehead atoms. The van der Waals surface area contributed by atoms with Gasteiger partial charge in [0, 0.05) is 19.2 Å². The largest absolute Gasteiger partial charge is 0.496 e. The standard InChI is InChI=1S/C13H20N2O2/c1-10-5-6-12(17-4)11(7-10)9-15(3)13(16)8-14-2/h5-7,14H,8-9H2,1-4H3. The van der Waals surface area contributed by atoms with Crippen molar-refractivity contribution in [1.82, 2.24) is 10.2 Å². The molecule has 1 N–H and O–H groups in total. The van der Waals surface area contributed by atoms with Crippen molar-refractivity contribution in [2.75, 3.05) is 27.7 Å². The van der Waals surface area contributed by atoms with Crippen molar-refractivity contribution in [3.8, 4) is 5.75 Å². The van der Waals surface area contributed by atoms with E-state index >= 15 is 0 Å². The molecule has 4 nitrogen and oxygen atoms in total. The molecule has 0 heterocycles. The molecule has 0 atom stereocenters. The number of hydrogen-bond acceptors (Lipinski definition) is 3. The van der Waals surface area contributed by atoms with E-state index in [0.717, 1.165) is 16.9 Å². The zero-order chi connectivity index (χ0) is 12.8. The fraction of sp³-hybridized carbons (Fsp3) is 0.462. The highest BCUT2D eigenvalue weighted by molar-refractivity contribution is 5.78. The van der Waals surface area contributed by atoms with Crippen LogP contribution in [0.15, 0.2) is 18.2 Å². The Morgan fingerprint density at radius 1 is 1.47 bits per heavy atom. The van der Waals surface area contributed by atoms with Gasteiger partial charge < -0.3 is 15.0 Å². The number of rotatable bonds is 5. The lowest BCUT2D eigenvalue weighted by molar-refractivity contribution is -0.129. The first-order valence-electron chi connectivity index (χ1n) is 5.60. The number of carbonyl (C=O) groups is 1. The Hall–Kier alpha value is -1.55. The highest BCUT2D eigenvalue weighted by Gasteiger charge is 2.11. The van der Waals surface area contributed by atoms with E-state index in [1.54, 1.807) is 26.1 Å². The summed E-state index contributed by atoms with van der Waals surface area (Å²) in [6.07, 6.45) is 0. The van der Waals surface area contributed by atoms with E-state index in [0.29, 0.717) is 13.1 Å². The number of aryl methyl sites for hydroxylation is 1. The van der Waals surface area contributed by atoms with Crippen molar-refractivity contribution in [2.45, 2.75) is 13.5 Å². The minimum absolute atomic E-state index is 0.0658. The molecule has 0 radical (unpaired) electrons. The first-order valence-corrected chi connectivity index (χ1v) is 5.60. The number of nitrogens with one attached hydrogen (secondary N) is 1. The number of likely N-dealkylation sites (N-methyl/N-ethyl adjacent to an activating group) is 2. The molecule has 94 valence electrons. The van der Waals surface area contributed by atoms with Crippen LogP contribution in [0.1, 0.15) is 11.1 Å². The van der Waals surface area contributed by atoms with Crippen LogP contribution >= 0.6 is 0 Å². The van der Waals surface area contributed by atoms with Crippen LogP contribution in [0.5, 0.6) is 5.75 Å². The third-order valence-electron chi connectivity index (χ3n) is 2.60. The minimum atomic E-state index is 0.0658. The Kier molecular flexibility index (Phi) is 4.97. The monoisotopic (exact) mass is 236 g/mol. The van der Waals surface area contributed by atoms with Crippen LogP contribution in [0.3, 0.4) is 0 Å². The zero-order valence-electron chi connectivity index (χ0n) is 10.9. The number of ether oxygens (including phenoxy) is 1. The fourth-order valence-corrected chi connectivity index (χ4v) is 1.66. The van der Waals surface area contributed by atoms with E-state index in [1.807, 2.05) is 25.1 Å². The molecule has 0 saturated heterocycles. The lowest BCUT2D eigenvalue weighted by Gasteiger charge is -2.19. The molecule has 0 aliphatic rings. The highest BCUT2D eigenvalue weighted by atomic mass is 16.5. The number of benzene rings is 1. The smallest absolute Gasteiger partial charge is 0.236 e. The molecule has 0 saturated carbocycles. The van der Waals surface area contributed by atoms with E-state index in [1.165, 1.54) is 0 Å². The molecule has 0 aromatic heterocycles. The third-order valence-corrected chi connectivity index (χ3v) is 2.60. The highest BCUT2D eigenvalue weighted by Crippen LogP contribution is 2.20. The van der Waals surface area contributed by atoms with Gasteiger partial charge in [-0.2, -0.15) is 0 Å².